The maximum atomic E-state index is 13.3. The number of carbonyl (C=O) groups excluding carboxylic acids is 2. The number of benzene rings is 3. The van der Waals surface area contributed by atoms with Gasteiger partial charge in [0.1, 0.15) is 24.7 Å². The zero-order valence-electron chi connectivity index (χ0n) is 19.3. The second-order valence-corrected chi connectivity index (χ2v) is 8.36. The molecule has 3 aromatic carbocycles. The molecule has 7 nitrogen and oxygen atoms in total. The van der Waals surface area contributed by atoms with Crippen molar-refractivity contribution < 1.29 is 28.9 Å². The molecular formula is C28H25NO6. The molecule has 5 rings (SSSR count). The molecule has 2 aliphatic rings. The number of rotatable bonds is 6. The Morgan fingerprint density at radius 2 is 1.74 bits per heavy atom. The molecule has 2 heterocycles. The third kappa shape index (κ3) is 4.33. The first kappa shape index (κ1) is 22.5. The van der Waals surface area contributed by atoms with E-state index in [-0.39, 0.29) is 11.3 Å². The zero-order valence-corrected chi connectivity index (χ0v) is 19.3. The Kier molecular flexibility index (Phi) is 6.14. The Morgan fingerprint density at radius 1 is 0.971 bits per heavy atom. The van der Waals surface area contributed by atoms with E-state index in [4.69, 9.17) is 14.2 Å². The monoisotopic (exact) mass is 471 g/mol. The van der Waals surface area contributed by atoms with Crippen LogP contribution in [0.3, 0.4) is 0 Å². The summed E-state index contributed by atoms with van der Waals surface area (Å²) in [5, 5.41) is 11.3. The number of ketones is 1. The molecular weight excluding hydrogens is 446 g/mol. The number of hydrogen-bond acceptors (Lipinski definition) is 6. The normalized spacial score (nSPS) is 18.5. The average molecular weight is 472 g/mol. The summed E-state index contributed by atoms with van der Waals surface area (Å²) in [4.78, 5) is 28.0. The van der Waals surface area contributed by atoms with Gasteiger partial charge in [-0.2, -0.15) is 0 Å². The molecule has 1 amide bonds. The number of ether oxygens (including phenoxy) is 3. The average Bonchev–Trinajstić information content (AvgIpc) is 3.16. The summed E-state index contributed by atoms with van der Waals surface area (Å²) >= 11 is 0. The molecule has 35 heavy (non-hydrogen) atoms. The molecule has 1 saturated heterocycles. The first-order valence-corrected chi connectivity index (χ1v) is 11.4. The van der Waals surface area contributed by atoms with Gasteiger partial charge in [0.15, 0.2) is 11.5 Å². The maximum absolute atomic E-state index is 13.3. The molecule has 0 radical (unpaired) electrons. The van der Waals surface area contributed by atoms with Crippen molar-refractivity contribution in [3.63, 3.8) is 0 Å². The van der Waals surface area contributed by atoms with Crippen molar-refractivity contribution >= 4 is 17.4 Å². The number of aliphatic hydroxyl groups is 1. The van der Waals surface area contributed by atoms with E-state index in [0.29, 0.717) is 54.6 Å². The van der Waals surface area contributed by atoms with E-state index in [1.165, 1.54) is 4.90 Å². The smallest absolute Gasteiger partial charge is 0.295 e. The van der Waals surface area contributed by atoms with Crippen LogP contribution in [0.25, 0.3) is 5.76 Å². The zero-order chi connectivity index (χ0) is 24.4. The highest BCUT2D eigenvalue weighted by molar-refractivity contribution is 6.46. The number of Topliss-reactive ketones (excluding diaryl/α,β-unsaturated/α-hetero) is 1. The van der Waals surface area contributed by atoms with E-state index in [9.17, 15) is 14.7 Å². The standard InChI is InChI=1S/C28H25NO6/c1-33-21-9-5-8-19(16-21)25-24(26(30)20-10-11-22-23(17-20)35-15-14-34-22)27(31)28(32)29(25)13-12-18-6-3-2-4-7-18/h2-11,16-17,25,30H,12-15H2,1H3/t25-/m0/s1. The second-order valence-electron chi connectivity index (χ2n) is 8.36. The number of likely N-dealkylation sites (tertiary alicyclic amines) is 1. The number of amides is 1. The van der Waals surface area contributed by atoms with Gasteiger partial charge in [-0.05, 0) is 47.9 Å². The molecule has 1 atom stereocenters. The summed E-state index contributed by atoms with van der Waals surface area (Å²) in [5.74, 6) is 0.0222. The summed E-state index contributed by atoms with van der Waals surface area (Å²) in [5.41, 5.74) is 2.14. The van der Waals surface area contributed by atoms with Gasteiger partial charge in [-0.25, -0.2) is 0 Å². The van der Waals surface area contributed by atoms with Crippen molar-refractivity contribution in [1.82, 2.24) is 4.90 Å². The number of carbonyl (C=O) groups is 2. The Labute approximate surface area is 203 Å². The molecule has 0 saturated carbocycles. The van der Waals surface area contributed by atoms with Crippen LogP contribution >= 0.6 is 0 Å². The number of hydrogen-bond donors (Lipinski definition) is 1. The summed E-state index contributed by atoms with van der Waals surface area (Å²) in [6.07, 6.45) is 0.568. The Balaban J connectivity index is 1.58. The van der Waals surface area contributed by atoms with Crippen molar-refractivity contribution in [2.45, 2.75) is 12.5 Å². The van der Waals surface area contributed by atoms with Crippen LogP contribution in [0.5, 0.6) is 17.2 Å². The third-order valence-electron chi connectivity index (χ3n) is 6.25. The minimum absolute atomic E-state index is 0.0352. The summed E-state index contributed by atoms with van der Waals surface area (Å²) in [6.45, 7) is 1.15. The first-order valence-electron chi connectivity index (χ1n) is 11.4. The molecule has 2 aliphatic heterocycles. The van der Waals surface area contributed by atoms with Gasteiger partial charge in [-0.3, -0.25) is 9.59 Å². The quantitative estimate of drug-likeness (QED) is 0.331. The molecule has 0 bridgehead atoms. The highest BCUT2D eigenvalue weighted by Crippen LogP contribution is 2.41. The van der Waals surface area contributed by atoms with Gasteiger partial charge >= 0.3 is 0 Å². The van der Waals surface area contributed by atoms with Crippen LogP contribution in [0.4, 0.5) is 0 Å². The highest BCUT2D eigenvalue weighted by atomic mass is 16.6. The van der Waals surface area contributed by atoms with Crippen molar-refractivity contribution in [1.29, 1.82) is 0 Å². The van der Waals surface area contributed by atoms with Gasteiger partial charge in [0.05, 0.1) is 18.7 Å². The second kappa shape index (κ2) is 9.54. The Morgan fingerprint density at radius 3 is 2.51 bits per heavy atom. The van der Waals surface area contributed by atoms with Crippen molar-refractivity contribution in [3.8, 4) is 17.2 Å². The predicted octanol–water partition coefficient (Wildman–Crippen LogP) is 4.13. The number of methoxy groups -OCH3 is 1. The fourth-order valence-electron chi connectivity index (χ4n) is 4.51. The van der Waals surface area contributed by atoms with Crippen LogP contribution in [0.15, 0.2) is 78.4 Å². The Bertz CT molecular complexity index is 1300. The summed E-state index contributed by atoms with van der Waals surface area (Å²) in [6, 6.07) is 21.2. The lowest BCUT2D eigenvalue weighted by Crippen LogP contribution is -2.31. The largest absolute Gasteiger partial charge is 0.507 e. The minimum atomic E-state index is -0.762. The highest BCUT2D eigenvalue weighted by Gasteiger charge is 2.46. The lowest BCUT2D eigenvalue weighted by atomic mass is 9.95. The molecule has 0 unspecified atom stereocenters. The number of nitrogens with zero attached hydrogens (tertiary/aromatic N) is 1. The van der Waals surface area contributed by atoms with Gasteiger partial charge in [0.2, 0.25) is 0 Å². The van der Waals surface area contributed by atoms with E-state index in [2.05, 4.69) is 0 Å². The van der Waals surface area contributed by atoms with Gasteiger partial charge in [-0.15, -0.1) is 0 Å². The van der Waals surface area contributed by atoms with Crippen LogP contribution in [0, 0.1) is 0 Å². The van der Waals surface area contributed by atoms with Crippen molar-refractivity contribution in [3.05, 3.63) is 95.1 Å². The van der Waals surface area contributed by atoms with Gasteiger partial charge < -0.3 is 24.2 Å². The first-order chi connectivity index (χ1) is 17.1. The van der Waals surface area contributed by atoms with Gasteiger partial charge in [0.25, 0.3) is 11.7 Å². The van der Waals surface area contributed by atoms with Crippen LogP contribution in [-0.4, -0.2) is 48.6 Å². The number of aliphatic hydroxyl groups excluding tert-OH is 1. The lowest BCUT2D eigenvalue weighted by Gasteiger charge is -2.26. The van der Waals surface area contributed by atoms with Gasteiger partial charge in [0, 0.05) is 12.1 Å². The summed E-state index contributed by atoms with van der Waals surface area (Å²) < 4.78 is 16.6. The lowest BCUT2D eigenvalue weighted by molar-refractivity contribution is -0.139. The fraction of sp³-hybridized carbons (Fsp3) is 0.214. The van der Waals surface area contributed by atoms with E-state index in [1.807, 2.05) is 36.4 Å². The van der Waals surface area contributed by atoms with Crippen molar-refractivity contribution in [2.75, 3.05) is 26.9 Å². The fourth-order valence-corrected chi connectivity index (χ4v) is 4.51. The van der Waals surface area contributed by atoms with Crippen LogP contribution in [0.1, 0.15) is 22.7 Å². The molecule has 0 aliphatic carbocycles. The predicted molar refractivity (Wildman–Crippen MR) is 130 cm³/mol. The molecule has 3 aromatic rings. The van der Waals surface area contributed by atoms with E-state index in [0.717, 1.165) is 5.56 Å². The molecule has 0 spiro atoms. The topological polar surface area (TPSA) is 85.3 Å². The molecule has 0 aromatic heterocycles. The van der Waals surface area contributed by atoms with Gasteiger partial charge in [-0.1, -0.05) is 42.5 Å². The Hall–Kier alpha value is -4.26. The number of fused-ring (bicyclic) bond motifs is 1. The molecule has 178 valence electrons. The van der Waals surface area contributed by atoms with Crippen molar-refractivity contribution in [2.24, 2.45) is 0 Å². The SMILES string of the molecule is COc1cccc([C@H]2C(=C(O)c3ccc4c(c3)OCCO4)C(=O)C(=O)N2CCc2ccccc2)c1. The molecule has 1 fully saturated rings. The van der Waals surface area contributed by atoms with Crippen LogP contribution in [0.2, 0.25) is 0 Å². The molecule has 1 N–H and O–H groups in total. The van der Waals surface area contributed by atoms with E-state index >= 15 is 0 Å². The van der Waals surface area contributed by atoms with E-state index < -0.39 is 17.7 Å². The third-order valence-corrected chi connectivity index (χ3v) is 6.25. The maximum Gasteiger partial charge on any atom is 0.295 e. The minimum Gasteiger partial charge on any atom is -0.507 e. The molecule has 7 heteroatoms. The van der Waals surface area contributed by atoms with Crippen LogP contribution in [-0.2, 0) is 16.0 Å². The summed E-state index contributed by atoms with van der Waals surface area (Å²) in [7, 11) is 1.56. The van der Waals surface area contributed by atoms with Crippen LogP contribution < -0.4 is 14.2 Å². The van der Waals surface area contributed by atoms with E-state index in [1.54, 1.807) is 43.5 Å².